The summed E-state index contributed by atoms with van der Waals surface area (Å²) in [7, 11) is 1.60. The van der Waals surface area contributed by atoms with Crippen molar-refractivity contribution in [1.82, 2.24) is 20.2 Å². The monoisotopic (exact) mass is 370 g/mol. The highest BCUT2D eigenvalue weighted by molar-refractivity contribution is 7.17. The highest BCUT2D eigenvalue weighted by Gasteiger charge is 2.21. The van der Waals surface area contributed by atoms with Crippen LogP contribution < -0.4 is 10.9 Å². The summed E-state index contributed by atoms with van der Waals surface area (Å²) in [5.41, 5.74) is 0.884. The first-order valence-corrected chi connectivity index (χ1v) is 8.91. The molecule has 0 aliphatic rings. The van der Waals surface area contributed by atoms with Gasteiger partial charge in [0.25, 0.3) is 11.5 Å². The molecule has 0 aliphatic carbocycles. The first kappa shape index (κ1) is 17.8. The summed E-state index contributed by atoms with van der Waals surface area (Å²) in [6, 6.07) is 9.76. The van der Waals surface area contributed by atoms with Crippen molar-refractivity contribution in [1.29, 1.82) is 0 Å². The Hall–Kier alpha value is -3.00. The zero-order valence-corrected chi connectivity index (χ0v) is 15.2. The number of H-pyrrole nitrogens is 1. The quantitative estimate of drug-likeness (QED) is 0.715. The van der Waals surface area contributed by atoms with E-state index in [0.29, 0.717) is 21.6 Å². The first-order chi connectivity index (χ1) is 12.5. The second-order valence-corrected chi connectivity index (χ2v) is 6.82. The van der Waals surface area contributed by atoms with Crippen molar-refractivity contribution in [2.45, 2.75) is 19.5 Å². The van der Waals surface area contributed by atoms with Gasteiger partial charge in [0.1, 0.15) is 16.6 Å². The number of aromatic amines is 1. The summed E-state index contributed by atoms with van der Waals surface area (Å²) in [5.74, 6) is -0.188. The second kappa shape index (κ2) is 7.49. The number of fused-ring (bicyclic) bond motifs is 1. The van der Waals surface area contributed by atoms with E-state index < -0.39 is 6.04 Å². The molecule has 1 unspecified atom stereocenters. The number of amides is 2. The van der Waals surface area contributed by atoms with Crippen LogP contribution in [-0.2, 0) is 11.3 Å². The van der Waals surface area contributed by atoms with Crippen LogP contribution in [0.15, 0.2) is 46.6 Å². The molecule has 0 fully saturated rings. The summed E-state index contributed by atoms with van der Waals surface area (Å²) in [6.07, 6.45) is 0. The van der Waals surface area contributed by atoms with E-state index in [4.69, 9.17) is 0 Å². The molecule has 134 valence electrons. The molecule has 2 N–H and O–H groups in total. The Morgan fingerprint density at radius 1 is 1.27 bits per heavy atom. The van der Waals surface area contributed by atoms with Gasteiger partial charge in [-0.3, -0.25) is 14.4 Å². The minimum atomic E-state index is -0.704. The molecule has 2 heterocycles. The number of hydrogen-bond acceptors (Lipinski definition) is 5. The van der Waals surface area contributed by atoms with E-state index in [2.05, 4.69) is 15.3 Å². The first-order valence-electron chi connectivity index (χ1n) is 8.03. The van der Waals surface area contributed by atoms with Gasteiger partial charge in [-0.25, -0.2) is 4.98 Å². The molecule has 8 heteroatoms. The van der Waals surface area contributed by atoms with Gasteiger partial charge < -0.3 is 15.2 Å². The van der Waals surface area contributed by atoms with Gasteiger partial charge in [0.05, 0.1) is 12.1 Å². The van der Waals surface area contributed by atoms with Crippen LogP contribution in [0, 0.1) is 0 Å². The molecule has 0 spiro atoms. The van der Waals surface area contributed by atoms with Crippen LogP contribution in [0.2, 0.25) is 0 Å². The van der Waals surface area contributed by atoms with Gasteiger partial charge in [-0.1, -0.05) is 18.2 Å². The van der Waals surface area contributed by atoms with Gasteiger partial charge in [0.2, 0.25) is 5.91 Å². The van der Waals surface area contributed by atoms with Crippen molar-refractivity contribution in [2.24, 2.45) is 0 Å². The normalized spacial score (nSPS) is 11.9. The molecule has 3 aromatic rings. The Labute approximate surface area is 153 Å². The molecule has 7 nitrogen and oxygen atoms in total. The summed E-state index contributed by atoms with van der Waals surface area (Å²) in [5, 5.41) is 4.48. The van der Waals surface area contributed by atoms with Crippen molar-refractivity contribution in [3.8, 4) is 0 Å². The molecule has 2 aromatic heterocycles. The number of benzene rings is 1. The number of nitrogens with one attached hydrogen (secondary N) is 2. The average Bonchev–Trinajstić information content (AvgIpc) is 3.10. The van der Waals surface area contributed by atoms with E-state index in [9.17, 15) is 14.4 Å². The number of hydrogen-bond donors (Lipinski definition) is 2. The van der Waals surface area contributed by atoms with Gasteiger partial charge in [-0.2, -0.15) is 0 Å². The molecule has 0 saturated carbocycles. The largest absolute Gasteiger partial charge is 0.341 e. The highest BCUT2D eigenvalue weighted by atomic mass is 32.1. The van der Waals surface area contributed by atoms with Gasteiger partial charge >= 0.3 is 0 Å². The zero-order valence-electron chi connectivity index (χ0n) is 14.4. The van der Waals surface area contributed by atoms with E-state index in [-0.39, 0.29) is 23.9 Å². The summed E-state index contributed by atoms with van der Waals surface area (Å²) in [6.45, 7) is 1.77. The standard InChI is InChI=1S/C18H18N4O3S/c1-11(19-16(23)12-6-4-3-5-7-12)18(25)22(2)10-14-20-13-8-9-26-15(13)17(24)21-14/h3-9,11H,10H2,1-2H3,(H,19,23)(H,20,21,24). The van der Waals surface area contributed by atoms with E-state index in [1.165, 1.54) is 16.2 Å². The molecule has 1 aromatic carbocycles. The Morgan fingerprint density at radius 2 is 2.00 bits per heavy atom. The molecule has 26 heavy (non-hydrogen) atoms. The van der Waals surface area contributed by atoms with E-state index >= 15 is 0 Å². The molecule has 0 radical (unpaired) electrons. The lowest BCUT2D eigenvalue weighted by Gasteiger charge is -2.21. The minimum absolute atomic E-state index is 0.144. The molecular weight excluding hydrogens is 352 g/mol. The maximum atomic E-state index is 12.5. The van der Waals surface area contributed by atoms with Crippen LogP contribution in [0.25, 0.3) is 10.2 Å². The number of carbonyl (C=O) groups is 2. The highest BCUT2D eigenvalue weighted by Crippen LogP contribution is 2.14. The van der Waals surface area contributed by atoms with E-state index in [1.54, 1.807) is 49.7 Å². The Balaban J connectivity index is 1.66. The Kier molecular flexibility index (Phi) is 5.13. The van der Waals surface area contributed by atoms with Gasteiger partial charge in [0.15, 0.2) is 0 Å². The lowest BCUT2D eigenvalue weighted by atomic mass is 10.2. The molecule has 2 amide bonds. The number of aromatic nitrogens is 2. The molecule has 1 atom stereocenters. The summed E-state index contributed by atoms with van der Waals surface area (Å²) in [4.78, 5) is 45.1. The summed E-state index contributed by atoms with van der Waals surface area (Å²) < 4.78 is 0.561. The summed E-state index contributed by atoms with van der Waals surface area (Å²) >= 11 is 1.32. The van der Waals surface area contributed by atoms with Crippen LogP contribution in [-0.4, -0.2) is 39.8 Å². The van der Waals surface area contributed by atoms with Crippen molar-refractivity contribution >= 4 is 33.4 Å². The van der Waals surface area contributed by atoms with Crippen molar-refractivity contribution in [3.05, 3.63) is 63.5 Å². The topological polar surface area (TPSA) is 95.2 Å². The molecule has 3 rings (SSSR count). The fourth-order valence-electron chi connectivity index (χ4n) is 2.56. The fraction of sp³-hybridized carbons (Fsp3) is 0.222. The van der Waals surface area contributed by atoms with E-state index in [0.717, 1.165) is 0 Å². The van der Waals surface area contributed by atoms with E-state index in [1.807, 2.05) is 6.07 Å². The number of likely N-dealkylation sites (N-methyl/N-ethyl adjacent to an activating group) is 1. The number of thiophene rings is 1. The SMILES string of the molecule is CC(NC(=O)c1ccccc1)C(=O)N(C)Cc1nc2ccsc2c(=O)[nH]1. The fourth-order valence-corrected chi connectivity index (χ4v) is 3.29. The van der Waals surface area contributed by atoms with Crippen molar-refractivity contribution in [3.63, 3.8) is 0 Å². The Morgan fingerprint density at radius 3 is 2.73 bits per heavy atom. The third kappa shape index (κ3) is 3.80. The molecule has 0 saturated heterocycles. The number of rotatable bonds is 5. The second-order valence-electron chi connectivity index (χ2n) is 5.90. The molecule has 0 aliphatic heterocycles. The third-order valence-electron chi connectivity index (χ3n) is 3.88. The predicted octanol–water partition coefficient (Wildman–Crippen LogP) is 1.76. The molecule has 0 bridgehead atoms. The van der Waals surface area contributed by atoms with Crippen LogP contribution in [0.1, 0.15) is 23.1 Å². The van der Waals surface area contributed by atoms with Crippen molar-refractivity contribution in [2.75, 3.05) is 7.05 Å². The van der Waals surface area contributed by atoms with Gasteiger partial charge in [0, 0.05) is 12.6 Å². The van der Waals surface area contributed by atoms with Gasteiger partial charge in [-0.15, -0.1) is 11.3 Å². The molecular formula is C18H18N4O3S. The minimum Gasteiger partial charge on any atom is -0.341 e. The lowest BCUT2D eigenvalue weighted by Crippen LogP contribution is -2.45. The van der Waals surface area contributed by atoms with Crippen LogP contribution >= 0.6 is 11.3 Å². The van der Waals surface area contributed by atoms with Crippen LogP contribution in [0.5, 0.6) is 0 Å². The number of nitrogens with zero attached hydrogens (tertiary/aromatic N) is 2. The lowest BCUT2D eigenvalue weighted by molar-refractivity contribution is -0.132. The van der Waals surface area contributed by atoms with Gasteiger partial charge in [-0.05, 0) is 30.5 Å². The van der Waals surface area contributed by atoms with Crippen LogP contribution in [0.4, 0.5) is 0 Å². The maximum absolute atomic E-state index is 12.5. The van der Waals surface area contributed by atoms with Crippen molar-refractivity contribution < 1.29 is 9.59 Å². The van der Waals surface area contributed by atoms with Crippen LogP contribution in [0.3, 0.4) is 0 Å². The zero-order chi connectivity index (χ0) is 18.7. The average molecular weight is 370 g/mol. The number of carbonyl (C=O) groups excluding carboxylic acids is 2. The third-order valence-corrected chi connectivity index (χ3v) is 4.78. The maximum Gasteiger partial charge on any atom is 0.268 e. The Bertz CT molecular complexity index is 996. The smallest absolute Gasteiger partial charge is 0.268 e. The predicted molar refractivity (Wildman–Crippen MR) is 100 cm³/mol.